The zero-order valence-corrected chi connectivity index (χ0v) is 22.3. The lowest BCUT2D eigenvalue weighted by molar-refractivity contribution is -0.208. The van der Waals surface area contributed by atoms with Crippen LogP contribution in [0.25, 0.3) is 0 Å². The summed E-state index contributed by atoms with van der Waals surface area (Å²) in [6.45, 7) is 12.2. The van der Waals surface area contributed by atoms with Crippen LogP contribution in [-0.2, 0) is 4.74 Å². The Bertz CT molecular complexity index is 594. The van der Waals surface area contributed by atoms with Crippen molar-refractivity contribution in [3.63, 3.8) is 0 Å². The molecular formula is C28H51F3O2. The van der Waals surface area contributed by atoms with E-state index in [2.05, 4.69) is 20.8 Å². The van der Waals surface area contributed by atoms with E-state index in [1.807, 2.05) is 13.8 Å². The molecule has 9 atom stereocenters. The van der Waals surface area contributed by atoms with Crippen LogP contribution in [0.15, 0.2) is 0 Å². The number of aliphatic hydroxyl groups excluding tert-OH is 1. The molecule has 4 aliphatic carbocycles. The Labute approximate surface area is 201 Å². The van der Waals surface area contributed by atoms with Gasteiger partial charge in [-0.3, -0.25) is 0 Å². The van der Waals surface area contributed by atoms with Gasteiger partial charge >= 0.3 is 6.18 Å². The molecule has 0 aromatic carbocycles. The molecule has 0 bridgehead atoms. The fourth-order valence-corrected chi connectivity index (χ4v) is 9.08. The first-order chi connectivity index (χ1) is 15.6. The van der Waals surface area contributed by atoms with Gasteiger partial charge in [0.15, 0.2) is 0 Å². The van der Waals surface area contributed by atoms with Crippen LogP contribution in [0.2, 0.25) is 0 Å². The highest BCUT2D eigenvalue weighted by atomic mass is 19.4. The highest BCUT2D eigenvalue weighted by Crippen LogP contribution is 2.69. The molecule has 2 nitrogen and oxygen atoms in total. The number of hydrogen-bond acceptors (Lipinski definition) is 2. The van der Waals surface area contributed by atoms with Crippen molar-refractivity contribution in [3.8, 4) is 0 Å². The third kappa shape index (κ3) is 5.44. The van der Waals surface area contributed by atoms with Gasteiger partial charge in [0.25, 0.3) is 0 Å². The number of ether oxygens (including phenoxy) is 1. The summed E-state index contributed by atoms with van der Waals surface area (Å²) >= 11 is 0. The Balaban J connectivity index is 0.000000914. The minimum Gasteiger partial charge on any atom is -0.400 e. The first-order valence-electron chi connectivity index (χ1n) is 13.6. The Hall–Kier alpha value is -0.290. The first-order valence-corrected chi connectivity index (χ1v) is 13.6. The van der Waals surface area contributed by atoms with Gasteiger partial charge in [-0.15, -0.1) is 0 Å². The van der Waals surface area contributed by atoms with Crippen molar-refractivity contribution in [2.75, 3.05) is 20.8 Å². The molecule has 5 heteroatoms. The Morgan fingerprint density at radius 2 is 1.55 bits per heavy atom. The molecule has 0 amide bonds. The molecule has 4 rings (SSSR count). The summed E-state index contributed by atoms with van der Waals surface area (Å²) in [5.41, 5.74) is 0.573. The molecule has 9 unspecified atom stereocenters. The molecular weight excluding hydrogens is 425 g/mol. The maximum Gasteiger partial charge on any atom is 0.391 e. The van der Waals surface area contributed by atoms with Gasteiger partial charge in [-0.2, -0.15) is 13.2 Å². The summed E-state index contributed by atoms with van der Waals surface area (Å²) in [5.74, 6) is 2.96. The zero-order valence-electron chi connectivity index (χ0n) is 22.3. The average Bonchev–Trinajstić information content (AvgIpc) is 3.05. The van der Waals surface area contributed by atoms with Crippen molar-refractivity contribution in [1.29, 1.82) is 0 Å². The Morgan fingerprint density at radius 1 is 0.909 bits per heavy atom. The predicted octanol–water partition coefficient (Wildman–Crippen LogP) is 8.13. The first kappa shape index (κ1) is 28.9. The van der Waals surface area contributed by atoms with E-state index in [9.17, 15) is 13.2 Å². The molecule has 0 aromatic heterocycles. The van der Waals surface area contributed by atoms with Crippen molar-refractivity contribution in [1.82, 2.24) is 0 Å². The van der Waals surface area contributed by atoms with Gasteiger partial charge in [0.1, 0.15) is 0 Å². The molecule has 4 aliphatic rings. The number of fused-ring (bicyclic) bond motifs is 5. The Morgan fingerprint density at radius 3 is 2.15 bits per heavy atom. The van der Waals surface area contributed by atoms with Crippen molar-refractivity contribution >= 4 is 0 Å². The lowest BCUT2D eigenvalue weighted by Gasteiger charge is -2.61. The number of aliphatic hydroxyl groups is 1. The minimum atomic E-state index is -4.00. The largest absolute Gasteiger partial charge is 0.400 e. The van der Waals surface area contributed by atoms with E-state index in [0.717, 1.165) is 56.7 Å². The molecule has 4 saturated carbocycles. The van der Waals surface area contributed by atoms with E-state index in [4.69, 9.17) is 9.84 Å². The molecule has 0 heterocycles. The number of halogens is 3. The second-order valence-corrected chi connectivity index (χ2v) is 11.7. The summed E-state index contributed by atoms with van der Waals surface area (Å²) in [5, 5.41) is 7.00. The molecule has 4 fully saturated rings. The van der Waals surface area contributed by atoms with Crippen LogP contribution in [0.5, 0.6) is 0 Å². The van der Waals surface area contributed by atoms with E-state index >= 15 is 0 Å². The average molecular weight is 477 g/mol. The zero-order chi connectivity index (χ0) is 25.0. The molecule has 0 radical (unpaired) electrons. The SMILES string of the molecule is CC.CO.COCCCC1C(C)CC2C3CCC4CC(C(F)(F)F)CCC4(C)C3CCC12C. The summed E-state index contributed by atoms with van der Waals surface area (Å²) in [6, 6.07) is 0. The molecule has 1 N–H and O–H groups in total. The highest BCUT2D eigenvalue weighted by Gasteiger charge is 2.62. The van der Waals surface area contributed by atoms with Crippen molar-refractivity contribution in [2.45, 2.75) is 105 Å². The second kappa shape index (κ2) is 11.6. The van der Waals surface area contributed by atoms with Gasteiger partial charge in [0, 0.05) is 20.8 Å². The number of rotatable bonds is 4. The lowest BCUT2D eigenvalue weighted by Crippen LogP contribution is -2.54. The van der Waals surface area contributed by atoms with Crippen LogP contribution in [0.4, 0.5) is 13.2 Å². The van der Waals surface area contributed by atoms with Crippen LogP contribution in [0.1, 0.15) is 98.8 Å². The fourth-order valence-electron chi connectivity index (χ4n) is 9.08. The van der Waals surface area contributed by atoms with Crippen molar-refractivity contribution in [3.05, 3.63) is 0 Å². The summed E-state index contributed by atoms with van der Waals surface area (Å²) in [7, 11) is 2.79. The van der Waals surface area contributed by atoms with Gasteiger partial charge in [0.05, 0.1) is 5.92 Å². The third-order valence-corrected chi connectivity index (χ3v) is 10.6. The van der Waals surface area contributed by atoms with E-state index in [-0.39, 0.29) is 11.3 Å². The monoisotopic (exact) mass is 476 g/mol. The Kier molecular flexibility index (Phi) is 10.2. The molecule has 0 spiro atoms. The van der Waals surface area contributed by atoms with E-state index in [1.54, 1.807) is 7.11 Å². The molecule has 196 valence electrons. The van der Waals surface area contributed by atoms with Gasteiger partial charge in [-0.05, 0) is 111 Å². The lowest BCUT2D eigenvalue weighted by atomic mass is 9.44. The van der Waals surface area contributed by atoms with Gasteiger partial charge in [-0.1, -0.05) is 34.6 Å². The summed E-state index contributed by atoms with van der Waals surface area (Å²) < 4.78 is 45.5. The topological polar surface area (TPSA) is 29.5 Å². The van der Waals surface area contributed by atoms with E-state index in [1.165, 1.54) is 32.1 Å². The van der Waals surface area contributed by atoms with Crippen LogP contribution in [-0.4, -0.2) is 32.1 Å². The van der Waals surface area contributed by atoms with Crippen molar-refractivity contribution < 1.29 is 23.0 Å². The second-order valence-electron chi connectivity index (χ2n) is 11.7. The van der Waals surface area contributed by atoms with E-state index in [0.29, 0.717) is 24.2 Å². The predicted molar refractivity (Wildman–Crippen MR) is 130 cm³/mol. The summed E-state index contributed by atoms with van der Waals surface area (Å²) in [6.07, 6.45) is 6.03. The van der Waals surface area contributed by atoms with Crippen LogP contribution in [0, 0.1) is 52.3 Å². The minimum absolute atomic E-state index is 0.142. The normalized spacial score (nSPS) is 44.3. The van der Waals surface area contributed by atoms with Gasteiger partial charge in [-0.25, -0.2) is 0 Å². The van der Waals surface area contributed by atoms with E-state index < -0.39 is 12.1 Å². The molecule has 0 aliphatic heterocycles. The number of alkyl halides is 3. The molecule has 0 saturated heterocycles. The van der Waals surface area contributed by atoms with Gasteiger partial charge < -0.3 is 9.84 Å². The van der Waals surface area contributed by atoms with Crippen LogP contribution < -0.4 is 0 Å². The molecule has 0 aromatic rings. The number of methoxy groups -OCH3 is 1. The molecule has 33 heavy (non-hydrogen) atoms. The van der Waals surface area contributed by atoms with Crippen LogP contribution >= 0.6 is 0 Å². The quantitative estimate of drug-likeness (QED) is 0.415. The number of hydrogen-bond donors (Lipinski definition) is 1. The third-order valence-electron chi connectivity index (χ3n) is 10.6. The maximum absolute atomic E-state index is 13.4. The fraction of sp³-hybridized carbons (Fsp3) is 1.00. The maximum atomic E-state index is 13.4. The standard InChI is InChI=1S/C25H41F3O.C2H6.CH4O/c1-16-14-22-19-8-7-17-15-18(25(26,27)28)9-11-23(17,2)21(19)10-12-24(22,3)20(16)6-5-13-29-4;2*1-2/h16-22H,5-15H2,1-4H3;1-2H3;2H,1H3. The van der Waals surface area contributed by atoms with Gasteiger partial charge in [0.2, 0.25) is 0 Å². The summed E-state index contributed by atoms with van der Waals surface area (Å²) in [4.78, 5) is 0. The van der Waals surface area contributed by atoms with Crippen LogP contribution in [0.3, 0.4) is 0 Å². The smallest absolute Gasteiger partial charge is 0.391 e. The van der Waals surface area contributed by atoms with Crippen molar-refractivity contribution in [2.24, 2.45) is 52.3 Å². The highest BCUT2D eigenvalue weighted by molar-refractivity contribution is 5.10.